The first kappa shape index (κ1) is 10.7. The van der Waals surface area contributed by atoms with E-state index in [0.29, 0.717) is 19.1 Å². The van der Waals surface area contributed by atoms with Crippen molar-refractivity contribution in [3.63, 3.8) is 0 Å². The lowest BCUT2D eigenvalue weighted by atomic mass is 9.97. The topological polar surface area (TPSA) is 48.1 Å². The maximum absolute atomic E-state index is 5.77. The minimum atomic E-state index is 0.371. The maximum atomic E-state index is 5.77. The minimum absolute atomic E-state index is 0.371. The zero-order chi connectivity index (χ0) is 11.7. The largest absolute Gasteiger partial charge is 0.493 e. The van der Waals surface area contributed by atoms with Crippen LogP contribution < -0.4 is 10.5 Å². The van der Waals surface area contributed by atoms with Crippen LogP contribution in [0.1, 0.15) is 22.2 Å². The number of hydrogen-bond acceptors (Lipinski definition) is 4. The Hall–Kier alpha value is -1.39. The summed E-state index contributed by atoms with van der Waals surface area (Å²) in [6.45, 7) is 1.23. The first-order valence-electron chi connectivity index (χ1n) is 5.72. The summed E-state index contributed by atoms with van der Waals surface area (Å²) < 4.78 is 5.77. The Balaban J connectivity index is 1.84. The molecule has 0 spiro atoms. The van der Waals surface area contributed by atoms with Gasteiger partial charge in [0.15, 0.2) is 0 Å². The maximum Gasteiger partial charge on any atom is 0.122 e. The summed E-state index contributed by atoms with van der Waals surface area (Å²) in [5, 5.41) is 3.18. The van der Waals surface area contributed by atoms with E-state index in [4.69, 9.17) is 10.5 Å². The quantitative estimate of drug-likeness (QED) is 0.884. The van der Waals surface area contributed by atoms with Crippen LogP contribution in [-0.2, 0) is 13.0 Å². The van der Waals surface area contributed by atoms with E-state index in [1.54, 1.807) is 11.3 Å². The van der Waals surface area contributed by atoms with Gasteiger partial charge in [0.2, 0.25) is 0 Å². The standard InChI is InChI=1S/C13H14N2OS/c14-6-11-8-17-13(15-11)10-5-9-3-1-2-4-12(9)16-7-10/h1-4,8,10H,5-7,14H2. The van der Waals surface area contributed by atoms with Crippen LogP contribution in [0.5, 0.6) is 5.75 Å². The third kappa shape index (κ3) is 2.06. The van der Waals surface area contributed by atoms with E-state index < -0.39 is 0 Å². The van der Waals surface area contributed by atoms with Crippen LogP contribution in [0.3, 0.4) is 0 Å². The van der Waals surface area contributed by atoms with Gasteiger partial charge in [0.25, 0.3) is 0 Å². The van der Waals surface area contributed by atoms with E-state index in [-0.39, 0.29) is 0 Å². The molecule has 3 nitrogen and oxygen atoms in total. The summed E-state index contributed by atoms with van der Waals surface area (Å²) in [6, 6.07) is 8.21. The van der Waals surface area contributed by atoms with Crippen molar-refractivity contribution < 1.29 is 4.74 Å². The molecule has 2 aromatic rings. The summed E-state index contributed by atoms with van der Waals surface area (Å²) in [5.41, 5.74) is 7.83. The van der Waals surface area contributed by atoms with Crippen LogP contribution in [0.2, 0.25) is 0 Å². The van der Waals surface area contributed by atoms with Gasteiger partial charge in [0.1, 0.15) is 5.75 Å². The van der Waals surface area contributed by atoms with E-state index in [0.717, 1.165) is 22.9 Å². The summed E-state index contributed by atoms with van der Waals surface area (Å²) in [7, 11) is 0. The van der Waals surface area contributed by atoms with Gasteiger partial charge in [-0.2, -0.15) is 0 Å². The number of fused-ring (bicyclic) bond motifs is 1. The van der Waals surface area contributed by atoms with Gasteiger partial charge in [-0.15, -0.1) is 11.3 Å². The molecular weight excluding hydrogens is 232 g/mol. The Labute approximate surface area is 104 Å². The van der Waals surface area contributed by atoms with Crippen molar-refractivity contribution in [2.45, 2.75) is 18.9 Å². The number of nitrogens with zero attached hydrogens (tertiary/aromatic N) is 1. The number of para-hydroxylation sites is 1. The molecule has 2 heterocycles. The van der Waals surface area contributed by atoms with Crippen LogP contribution in [0.25, 0.3) is 0 Å². The molecule has 0 aliphatic carbocycles. The molecule has 0 saturated carbocycles. The molecule has 0 fully saturated rings. The van der Waals surface area contributed by atoms with Crippen molar-refractivity contribution in [3.05, 3.63) is 45.9 Å². The molecule has 0 radical (unpaired) electrons. The molecule has 4 heteroatoms. The molecule has 17 heavy (non-hydrogen) atoms. The van der Waals surface area contributed by atoms with Crippen molar-refractivity contribution in [1.29, 1.82) is 0 Å². The van der Waals surface area contributed by atoms with E-state index in [9.17, 15) is 0 Å². The van der Waals surface area contributed by atoms with Crippen LogP contribution in [0.4, 0.5) is 0 Å². The highest BCUT2D eigenvalue weighted by Gasteiger charge is 2.23. The smallest absolute Gasteiger partial charge is 0.122 e. The van der Waals surface area contributed by atoms with E-state index >= 15 is 0 Å². The van der Waals surface area contributed by atoms with Crippen LogP contribution in [0.15, 0.2) is 29.6 Å². The van der Waals surface area contributed by atoms with Gasteiger partial charge in [-0.25, -0.2) is 4.98 Å². The van der Waals surface area contributed by atoms with Gasteiger partial charge >= 0.3 is 0 Å². The molecular formula is C13H14N2OS. The van der Waals surface area contributed by atoms with E-state index in [2.05, 4.69) is 17.1 Å². The average Bonchev–Trinajstić information content (AvgIpc) is 2.87. The number of aromatic nitrogens is 1. The van der Waals surface area contributed by atoms with E-state index in [1.165, 1.54) is 5.56 Å². The highest BCUT2D eigenvalue weighted by Crippen LogP contribution is 2.33. The fourth-order valence-electron chi connectivity index (χ4n) is 2.09. The van der Waals surface area contributed by atoms with Crippen molar-refractivity contribution in [1.82, 2.24) is 4.98 Å². The number of ether oxygens (including phenoxy) is 1. The Kier molecular flexibility index (Phi) is 2.82. The third-order valence-electron chi connectivity index (χ3n) is 3.01. The first-order valence-corrected chi connectivity index (χ1v) is 6.60. The lowest BCUT2D eigenvalue weighted by molar-refractivity contribution is 0.262. The number of nitrogens with two attached hydrogens (primary N) is 1. The summed E-state index contributed by atoms with van der Waals surface area (Å²) >= 11 is 1.68. The molecule has 1 aromatic heterocycles. The summed E-state index contributed by atoms with van der Waals surface area (Å²) in [5.74, 6) is 1.38. The molecule has 1 aliphatic rings. The van der Waals surface area contributed by atoms with Gasteiger partial charge in [0, 0.05) is 17.8 Å². The molecule has 88 valence electrons. The Morgan fingerprint density at radius 1 is 1.41 bits per heavy atom. The fraction of sp³-hybridized carbons (Fsp3) is 0.308. The Bertz CT molecular complexity index is 524. The molecule has 1 aliphatic heterocycles. The van der Waals surface area contributed by atoms with E-state index in [1.807, 2.05) is 17.5 Å². The second kappa shape index (κ2) is 4.47. The summed E-state index contributed by atoms with van der Waals surface area (Å²) in [4.78, 5) is 4.54. The molecule has 3 rings (SSSR count). The number of hydrogen-bond donors (Lipinski definition) is 1. The zero-order valence-electron chi connectivity index (χ0n) is 9.43. The molecule has 1 atom stereocenters. The molecule has 0 amide bonds. The van der Waals surface area contributed by atoms with Crippen molar-refractivity contribution in [2.75, 3.05) is 6.61 Å². The SMILES string of the molecule is NCc1csc(C2COc3ccccc3C2)n1. The second-order valence-electron chi connectivity index (χ2n) is 4.20. The summed E-state index contributed by atoms with van der Waals surface area (Å²) in [6.07, 6.45) is 1.01. The van der Waals surface area contributed by atoms with Gasteiger partial charge < -0.3 is 10.5 Å². The van der Waals surface area contributed by atoms with Crippen molar-refractivity contribution >= 4 is 11.3 Å². The minimum Gasteiger partial charge on any atom is -0.493 e. The zero-order valence-corrected chi connectivity index (χ0v) is 10.2. The molecule has 0 bridgehead atoms. The van der Waals surface area contributed by atoms with Gasteiger partial charge in [-0.1, -0.05) is 18.2 Å². The highest BCUT2D eigenvalue weighted by molar-refractivity contribution is 7.09. The predicted octanol–water partition coefficient (Wildman–Crippen LogP) is 2.32. The molecule has 1 aromatic carbocycles. The van der Waals surface area contributed by atoms with Crippen LogP contribution >= 0.6 is 11.3 Å². The fourth-order valence-corrected chi connectivity index (χ4v) is 3.01. The molecule has 0 saturated heterocycles. The predicted molar refractivity (Wildman–Crippen MR) is 68.4 cm³/mol. The normalized spacial score (nSPS) is 18.5. The second-order valence-corrected chi connectivity index (χ2v) is 5.09. The Morgan fingerprint density at radius 3 is 3.12 bits per heavy atom. The van der Waals surface area contributed by atoms with Gasteiger partial charge in [-0.3, -0.25) is 0 Å². The highest BCUT2D eigenvalue weighted by atomic mass is 32.1. The van der Waals surface area contributed by atoms with Crippen molar-refractivity contribution in [3.8, 4) is 5.75 Å². The number of rotatable bonds is 2. The molecule has 1 unspecified atom stereocenters. The van der Waals surface area contributed by atoms with Crippen LogP contribution in [0, 0.1) is 0 Å². The average molecular weight is 246 g/mol. The molecule has 2 N–H and O–H groups in total. The number of benzene rings is 1. The van der Waals surface area contributed by atoms with Crippen LogP contribution in [-0.4, -0.2) is 11.6 Å². The Morgan fingerprint density at radius 2 is 2.29 bits per heavy atom. The first-order chi connectivity index (χ1) is 8.36. The third-order valence-corrected chi connectivity index (χ3v) is 4.06. The van der Waals surface area contributed by atoms with Crippen molar-refractivity contribution in [2.24, 2.45) is 5.73 Å². The lowest BCUT2D eigenvalue weighted by Gasteiger charge is -2.23. The lowest BCUT2D eigenvalue weighted by Crippen LogP contribution is -2.19. The number of thiazole rings is 1. The van der Waals surface area contributed by atoms with Gasteiger partial charge in [-0.05, 0) is 18.1 Å². The van der Waals surface area contributed by atoms with Gasteiger partial charge in [0.05, 0.1) is 17.3 Å². The monoisotopic (exact) mass is 246 g/mol.